The zero-order valence-electron chi connectivity index (χ0n) is 15.4. The third-order valence-electron chi connectivity index (χ3n) is 4.30. The van der Waals surface area contributed by atoms with E-state index in [4.69, 9.17) is 9.47 Å². The second-order valence-electron chi connectivity index (χ2n) is 5.92. The summed E-state index contributed by atoms with van der Waals surface area (Å²) in [6.45, 7) is 4.64. The number of thioether (sulfide) groups is 1. The van der Waals surface area contributed by atoms with E-state index in [0.29, 0.717) is 19.4 Å². The summed E-state index contributed by atoms with van der Waals surface area (Å²) in [5, 5.41) is 0.195. The maximum atomic E-state index is 11.6. The molecule has 2 rings (SSSR count). The fourth-order valence-electron chi connectivity index (χ4n) is 2.78. The highest BCUT2D eigenvalue weighted by Gasteiger charge is 2.12. The van der Waals surface area contributed by atoms with Gasteiger partial charge in [-0.25, -0.2) is 0 Å². The normalized spacial score (nSPS) is 10.6. The van der Waals surface area contributed by atoms with Crippen LogP contribution in [0.25, 0.3) is 0 Å². The summed E-state index contributed by atoms with van der Waals surface area (Å²) in [4.78, 5) is 11.6. The Morgan fingerprint density at radius 2 is 1.96 bits per heavy atom. The molecule has 0 aliphatic heterocycles. The zero-order valence-corrected chi connectivity index (χ0v) is 16.2. The summed E-state index contributed by atoms with van der Waals surface area (Å²) < 4.78 is 11.6. The summed E-state index contributed by atoms with van der Waals surface area (Å²) >= 11 is 1.27. The van der Waals surface area contributed by atoms with Crippen LogP contribution in [0.5, 0.6) is 11.5 Å². The van der Waals surface area contributed by atoms with Gasteiger partial charge in [0.15, 0.2) is 5.12 Å². The van der Waals surface area contributed by atoms with Crippen molar-refractivity contribution >= 4 is 16.9 Å². The van der Waals surface area contributed by atoms with Crippen LogP contribution >= 0.6 is 11.8 Å². The summed E-state index contributed by atoms with van der Waals surface area (Å²) in [6.07, 6.45) is 4.05. The molecule has 0 atom stereocenters. The molecule has 0 heterocycles. The Kier molecular flexibility index (Phi) is 7.38. The van der Waals surface area contributed by atoms with Gasteiger partial charge in [0.1, 0.15) is 18.1 Å². The van der Waals surface area contributed by atoms with Gasteiger partial charge in [-0.1, -0.05) is 43.0 Å². The maximum Gasteiger partial charge on any atom is 0.189 e. The predicted molar refractivity (Wildman–Crippen MR) is 105 cm³/mol. The molecule has 0 bridgehead atoms. The van der Waals surface area contributed by atoms with Gasteiger partial charge in [0.25, 0.3) is 0 Å². The fraction of sp³-hybridized carbons (Fsp3) is 0.381. The molecule has 2 aromatic rings. The first-order chi connectivity index (χ1) is 12.1. The molecule has 134 valence electrons. The first-order valence-electron chi connectivity index (χ1n) is 8.53. The molecule has 0 saturated heterocycles. The minimum atomic E-state index is 0.195. The summed E-state index contributed by atoms with van der Waals surface area (Å²) in [7, 11) is 1.66. The van der Waals surface area contributed by atoms with Crippen molar-refractivity contribution in [2.75, 3.05) is 13.4 Å². The second-order valence-corrected chi connectivity index (χ2v) is 6.78. The van der Waals surface area contributed by atoms with Gasteiger partial charge in [0.2, 0.25) is 0 Å². The summed E-state index contributed by atoms with van der Waals surface area (Å²) in [5.74, 6) is 1.69. The Morgan fingerprint density at radius 1 is 1.16 bits per heavy atom. The molecule has 0 unspecified atom stereocenters. The van der Waals surface area contributed by atoms with Crippen LogP contribution in [0, 0.1) is 6.92 Å². The van der Waals surface area contributed by atoms with E-state index in [0.717, 1.165) is 34.6 Å². The van der Waals surface area contributed by atoms with E-state index in [2.05, 4.69) is 26.0 Å². The highest BCUT2D eigenvalue weighted by Crippen LogP contribution is 2.27. The molecule has 0 spiro atoms. The van der Waals surface area contributed by atoms with Gasteiger partial charge in [-0.2, -0.15) is 0 Å². The number of carbonyl (C=O) groups excluding carboxylic acids is 1. The monoisotopic (exact) mass is 358 g/mol. The third-order valence-corrected chi connectivity index (χ3v) is 4.96. The van der Waals surface area contributed by atoms with Crippen LogP contribution < -0.4 is 9.47 Å². The first kappa shape index (κ1) is 19.4. The van der Waals surface area contributed by atoms with Gasteiger partial charge < -0.3 is 9.47 Å². The van der Waals surface area contributed by atoms with E-state index in [-0.39, 0.29) is 5.12 Å². The topological polar surface area (TPSA) is 35.5 Å². The number of hydrogen-bond acceptors (Lipinski definition) is 4. The smallest absolute Gasteiger partial charge is 0.189 e. The molecule has 2 aromatic carbocycles. The number of hydrogen-bond donors (Lipinski definition) is 0. The molecule has 4 heteroatoms. The van der Waals surface area contributed by atoms with Crippen LogP contribution in [0.1, 0.15) is 35.6 Å². The molecular weight excluding hydrogens is 332 g/mol. The maximum absolute atomic E-state index is 11.6. The molecule has 0 amide bonds. The van der Waals surface area contributed by atoms with Gasteiger partial charge in [-0.15, -0.1) is 0 Å². The van der Waals surface area contributed by atoms with Crippen LogP contribution in [-0.4, -0.2) is 18.5 Å². The highest BCUT2D eigenvalue weighted by molar-refractivity contribution is 8.13. The van der Waals surface area contributed by atoms with Gasteiger partial charge in [-0.05, 0) is 54.8 Å². The van der Waals surface area contributed by atoms with E-state index in [9.17, 15) is 4.79 Å². The van der Waals surface area contributed by atoms with Crippen LogP contribution in [0.4, 0.5) is 0 Å². The minimum Gasteiger partial charge on any atom is -0.496 e. The van der Waals surface area contributed by atoms with Crippen LogP contribution in [-0.2, 0) is 24.2 Å². The van der Waals surface area contributed by atoms with E-state index < -0.39 is 0 Å². The first-order valence-corrected chi connectivity index (χ1v) is 9.75. The van der Waals surface area contributed by atoms with Crippen LogP contribution in [0.2, 0.25) is 0 Å². The van der Waals surface area contributed by atoms with Crippen molar-refractivity contribution in [1.82, 2.24) is 0 Å². The molecule has 0 aliphatic rings. The second kappa shape index (κ2) is 9.52. The van der Waals surface area contributed by atoms with Crippen LogP contribution in [0.15, 0.2) is 36.4 Å². The van der Waals surface area contributed by atoms with E-state index in [1.54, 1.807) is 7.11 Å². The number of aryl methyl sites for hydroxylation is 3. The lowest BCUT2D eigenvalue weighted by Gasteiger charge is -2.16. The van der Waals surface area contributed by atoms with Gasteiger partial charge >= 0.3 is 0 Å². The SMILES string of the molecule is CCc1ccc(OCc2c(CCC(=O)SC)cccc2OC)c(C)c1. The van der Waals surface area contributed by atoms with Crippen LogP contribution in [0.3, 0.4) is 0 Å². The Morgan fingerprint density at radius 3 is 2.60 bits per heavy atom. The Bertz CT molecular complexity index is 725. The molecule has 0 saturated carbocycles. The average Bonchev–Trinajstić information content (AvgIpc) is 2.64. The lowest BCUT2D eigenvalue weighted by molar-refractivity contribution is -0.110. The molecule has 0 N–H and O–H groups in total. The summed E-state index contributed by atoms with van der Waals surface area (Å²) in [6, 6.07) is 12.2. The van der Waals surface area contributed by atoms with Crippen molar-refractivity contribution < 1.29 is 14.3 Å². The van der Waals surface area contributed by atoms with Gasteiger partial charge in [0, 0.05) is 12.0 Å². The standard InChI is InChI=1S/C21H26O3S/c1-5-16-9-11-19(15(2)13-16)24-14-18-17(10-12-21(22)25-4)7-6-8-20(18)23-3/h6-9,11,13H,5,10,12,14H2,1-4H3. The molecular formula is C21H26O3S. The Balaban J connectivity index is 2.18. The third kappa shape index (κ3) is 5.27. The average molecular weight is 359 g/mol. The van der Waals surface area contributed by atoms with E-state index in [1.807, 2.05) is 30.5 Å². The molecule has 0 radical (unpaired) electrons. The van der Waals surface area contributed by atoms with Gasteiger partial charge in [-0.3, -0.25) is 4.79 Å². The quantitative estimate of drug-likeness (QED) is 0.667. The summed E-state index contributed by atoms with van der Waals surface area (Å²) in [5.41, 5.74) is 4.55. The Hall–Kier alpha value is -1.94. The van der Waals surface area contributed by atoms with Crippen molar-refractivity contribution in [3.8, 4) is 11.5 Å². The number of rotatable bonds is 8. The lowest BCUT2D eigenvalue weighted by Crippen LogP contribution is -2.05. The van der Waals surface area contributed by atoms with Gasteiger partial charge in [0.05, 0.1) is 7.11 Å². The van der Waals surface area contributed by atoms with Crippen molar-refractivity contribution in [2.24, 2.45) is 0 Å². The Labute approximate surface area is 154 Å². The van der Waals surface area contributed by atoms with Crippen molar-refractivity contribution in [2.45, 2.75) is 39.7 Å². The molecule has 3 nitrogen and oxygen atoms in total. The molecule has 0 aromatic heterocycles. The predicted octanol–water partition coefficient (Wildman–Crippen LogP) is 4.97. The highest BCUT2D eigenvalue weighted by atomic mass is 32.2. The number of methoxy groups -OCH3 is 1. The zero-order chi connectivity index (χ0) is 18.2. The number of ether oxygens (including phenoxy) is 2. The molecule has 0 aliphatic carbocycles. The molecule has 25 heavy (non-hydrogen) atoms. The number of benzene rings is 2. The lowest BCUT2D eigenvalue weighted by atomic mass is 10.0. The van der Waals surface area contributed by atoms with E-state index in [1.165, 1.54) is 17.3 Å². The van der Waals surface area contributed by atoms with E-state index >= 15 is 0 Å². The van der Waals surface area contributed by atoms with Crippen molar-refractivity contribution in [3.05, 3.63) is 58.7 Å². The van der Waals surface area contributed by atoms with Crippen molar-refractivity contribution in [1.29, 1.82) is 0 Å². The molecule has 0 fully saturated rings. The fourth-order valence-corrected chi connectivity index (χ4v) is 3.09. The number of carbonyl (C=O) groups is 1. The van der Waals surface area contributed by atoms with Crippen molar-refractivity contribution in [3.63, 3.8) is 0 Å². The minimum absolute atomic E-state index is 0.195. The largest absolute Gasteiger partial charge is 0.496 e.